The van der Waals surface area contributed by atoms with Gasteiger partial charge in [-0.05, 0) is 49.6 Å². The lowest BCUT2D eigenvalue weighted by atomic mass is 10.1. The fourth-order valence-electron chi connectivity index (χ4n) is 2.84. The third kappa shape index (κ3) is 5.08. The number of nitro groups is 1. The first-order valence-corrected chi connectivity index (χ1v) is 9.63. The van der Waals surface area contributed by atoms with E-state index in [1.54, 1.807) is 24.3 Å². The van der Waals surface area contributed by atoms with Gasteiger partial charge in [-0.2, -0.15) is 0 Å². The number of carbonyl (C=O) groups excluding carboxylic acids is 1. The molecule has 0 aromatic heterocycles. The second kappa shape index (κ2) is 9.00. The van der Waals surface area contributed by atoms with Crippen molar-refractivity contribution in [2.45, 2.75) is 32.4 Å². The predicted octanol–water partition coefficient (Wildman–Crippen LogP) is 4.16. The number of methoxy groups -OCH3 is 1. The van der Waals surface area contributed by atoms with Crippen molar-refractivity contribution < 1.29 is 19.2 Å². The van der Waals surface area contributed by atoms with E-state index < -0.39 is 10.8 Å². The van der Waals surface area contributed by atoms with Crippen LogP contribution in [0.15, 0.2) is 30.3 Å². The van der Waals surface area contributed by atoms with Crippen LogP contribution in [0.3, 0.4) is 0 Å². The molecule has 1 fully saturated rings. The fourth-order valence-corrected chi connectivity index (χ4v) is 3.13. The molecule has 0 aliphatic heterocycles. The first-order chi connectivity index (χ1) is 13.9. The highest BCUT2D eigenvalue weighted by atomic mass is 35.5. The molecule has 1 saturated carbocycles. The highest BCUT2D eigenvalue weighted by Gasteiger charge is 2.25. The van der Waals surface area contributed by atoms with Crippen LogP contribution in [0.4, 0.5) is 11.4 Å². The van der Waals surface area contributed by atoms with Gasteiger partial charge in [0, 0.05) is 24.2 Å². The Labute approximate surface area is 173 Å². The number of ether oxygens (including phenoxy) is 2. The van der Waals surface area contributed by atoms with Crippen molar-refractivity contribution in [3.63, 3.8) is 0 Å². The third-order valence-corrected chi connectivity index (χ3v) is 4.71. The summed E-state index contributed by atoms with van der Waals surface area (Å²) in [6, 6.07) is 8.10. The van der Waals surface area contributed by atoms with Gasteiger partial charge in [0.1, 0.15) is 5.69 Å². The molecule has 154 valence electrons. The number of anilines is 1. The predicted molar refractivity (Wildman–Crippen MR) is 110 cm³/mol. The molecule has 2 aromatic rings. The monoisotopic (exact) mass is 419 g/mol. The normalized spacial score (nSPS) is 12.9. The number of nitrogens with zero attached hydrogens (tertiary/aromatic N) is 1. The lowest BCUT2D eigenvalue weighted by molar-refractivity contribution is -0.384. The van der Waals surface area contributed by atoms with Gasteiger partial charge >= 0.3 is 0 Å². The number of amides is 1. The second-order valence-electron chi connectivity index (χ2n) is 6.63. The lowest BCUT2D eigenvalue weighted by Crippen LogP contribution is -2.23. The third-order valence-electron chi connectivity index (χ3n) is 4.42. The Morgan fingerprint density at radius 2 is 2.07 bits per heavy atom. The minimum atomic E-state index is -0.488. The standard InChI is InChI=1S/C20H22ClN3O5/c1-3-29-19-15(21)8-12(9-18(19)28-2)11-22-20(25)13-4-7-16(23-14-5-6-14)17(10-13)24(26)27/h4,7-10,14,23H,3,5-6,11H2,1-2H3,(H,22,25). The zero-order valence-corrected chi connectivity index (χ0v) is 16.9. The number of benzene rings is 2. The highest BCUT2D eigenvalue weighted by molar-refractivity contribution is 6.32. The lowest BCUT2D eigenvalue weighted by Gasteiger charge is -2.14. The molecule has 29 heavy (non-hydrogen) atoms. The van der Waals surface area contributed by atoms with E-state index in [1.165, 1.54) is 13.2 Å². The van der Waals surface area contributed by atoms with Gasteiger partial charge in [0.25, 0.3) is 11.6 Å². The highest BCUT2D eigenvalue weighted by Crippen LogP contribution is 2.36. The van der Waals surface area contributed by atoms with E-state index in [0.29, 0.717) is 34.4 Å². The molecule has 2 N–H and O–H groups in total. The molecule has 1 amide bonds. The first kappa shape index (κ1) is 20.7. The smallest absolute Gasteiger partial charge is 0.293 e. The second-order valence-corrected chi connectivity index (χ2v) is 7.04. The molecule has 2 aromatic carbocycles. The van der Waals surface area contributed by atoms with Gasteiger partial charge in [-0.25, -0.2) is 0 Å². The van der Waals surface area contributed by atoms with Crippen LogP contribution in [0, 0.1) is 10.1 Å². The van der Waals surface area contributed by atoms with Gasteiger partial charge in [-0.15, -0.1) is 0 Å². The zero-order valence-electron chi connectivity index (χ0n) is 16.2. The summed E-state index contributed by atoms with van der Waals surface area (Å²) in [5.41, 5.74) is 1.24. The van der Waals surface area contributed by atoms with Crippen molar-refractivity contribution in [3.8, 4) is 11.5 Å². The Kier molecular flexibility index (Phi) is 6.43. The van der Waals surface area contributed by atoms with Gasteiger partial charge in [0.05, 0.1) is 23.7 Å². The van der Waals surface area contributed by atoms with Crippen LogP contribution in [0.2, 0.25) is 5.02 Å². The first-order valence-electron chi connectivity index (χ1n) is 9.25. The molecule has 0 spiro atoms. The molecule has 1 aliphatic rings. The summed E-state index contributed by atoms with van der Waals surface area (Å²) >= 11 is 6.24. The van der Waals surface area contributed by atoms with E-state index in [4.69, 9.17) is 21.1 Å². The Morgan fingerprint density at radius 3 is 2.69 bits per heavy atom. The minimum absolute atomic E-state index is 0.115. The van der Waals surface area contributed by atoms with Crippen molar-refractivity contribution in [1.29, 1.82) is 0 Å². The van der Waals surface area contributed by atoms with Gasteiger partial charge in [0.2, 0.25) is 0 Å². The van der Waals surface area contributed by atoms with Crippen molar-refractivity contribution in [2.24, 2.45) is 0 Å². The maximum Gasteiger partial charge on any atom is 0.293 e. The summed E-state index contributed by atoms with van der Waals surface area (Å²) in [5, 5.41) is 17.6. The number of nitro benzene ring substituents is 1. The van der Waals surface area contributed by atoms with Crippen LogP contribution < -0.4 is 20.1 Å². The zero-order chi connectivity index (χ0) is 21.0. The van der Waals surface area contributed by atoms with E-state index in [1.807, 2.05) is 6.92 Å². The minimum Gasteiger partial charge on any atom is -0.493 e. The molecular formula is C20H22ClN3O5. The molecular weight excluding hydrogens is 398 g/mol. The average molecular weight is 420 g/mol. The largest absolute Gasteiger partial charge is 0.493 e. The molecule has 0 atom stereocenters. The fraction of sp³-hybridized carbons (Fsp3) is 0.350. The van der Waals surface area contributed by atoms with E-state index in [9.17, 15) is 14.9 Å². The van der Waals surface area contributed by atoms with Crippen molar-refractivity contribution >= 4 is 28.9 Å². The number of halogens is 1. The topological polar surface area (TPSA) is 103 Å². The number of hydrogen-bond acceptors (Lipinski definition) is 6. The van der Waals surface area contributed by atoms with Crippen LogP contribution in [-0.4, -0.2) is 30.6 Å². The summed E-state index contributed by atoms with van der Waals surface area (Å²) in [6.45, 7) is 2.46. The SMILES string of the molecule is CCOc1c(Cl)cc(CNC(=O)c2ccc(NC3CC3)c([N+](=O)[O-])c2)cc1OC. The number of carbonyl (C=O) groups is 1. The summed E-state index contributed by atoms with van der Waals surface area (Å²) < 4.78 is 10.8. The van der Waals surface area contributed by atoms with Gasteiger partial charge in [-0.1, -0.05) is 11.6 Å². The number of hydrogen-bond donors (Lipinski definition) is 2. The van der Waals surface area contributed by atoms with Gasteiger partial charge < -0.3 is 20.1 Å². The Morgan fingerprint density at radius 1 is 1.31 bits per heavy atom. The van der Waals surface area contributed by atoms with Crippen LogP contribution in [-0.2, 0) is 6.54 Å². The molecule has 0 bridgehead atoms. The van der Waals surface area contributed by atoms with E-state index in [-0.39, 0.29) is 23.8 Å². The molecule has 0 unspecified atom stereocenters. The summed E-state index contributed by atoms with van der Waals surface area (Å²) in [7, 11) is 1.51. The molecule has 9 heteroatoms. The maximum absolute atomic E-state index is 12.5. The van der Waals surface area contributed by atoms with Crippen molar-refractivity contribution in [3.05, 3.63) is 56.6 Å². The van der Waals surface area contributed by atoms with E-state index in [2.05, 4.69) is 10.6 Å². The summed E-state index contributed by atoms with van der Waals surface area (Å²) in [6.07, 6.45) is 1.99. The van der Waals surface area contributed by atoms with E-state index in [0.717, 1.165) is 12.8 Å². The molecule has 3 rings (SSSR count). The molecule has 1 aliphatic carbocycles. The molecule has 0 saturated heterocycles. The van der Waals surface area contributed by atoms with E-state index >= 15 is 0 Å². The molecule has 8 nitrogen and oxygen atoms in total. The summed E-state index contributed by atoms with van der Waals surface area (Å²) in [4.78, 5) is 23.4. The van der Waals surface area contributed by atoms with Gasteiger partial charge in [-0.3, -0.25) is 14.9 Å². The Hall–Kier alpha value is -3.00. The summed E-state index contributed by atoms with van der Waals surface area (Å²) in [5.74, 6) is 0.492. The van der Waals surface area contributed by atoms with Crippen LogP contribution in [0.5, 0.6) is 11.5 Å². The molecule has 0 radical (unpaired) electrons. The number of nitrogens with one attached hydrogen (secondary N) is 2. The average Bonchev–Trinajstić information content (AvgIpc) is 3.52. The Balaban J connectivity index is 1.72. The maximum atomic E-state index is 12.5. The number of rotatable bonds is 9. The van der Waals surface area contributed by atoms with Crippen LogP contribution in [0.25, 0.3) is 0 Å². The van der Waals surface area contributed by atoms with Gasteiger partial charge in [0.15, 0.2) is 11.5 Å². The van der Waals surface area contributed by atoms with Crippen LogP contribution >= 0.6 is 11.6 Å². The quantitative estimate of drug-likeness (QED) is 0.467. The van der Waals surface area contributed by atoms with Crippen LogP contribution in [0.1, 0.15) is 35.7 Å². The molecule has 0 heterocycles. The van der Waals surface area contributed by atoms with Crippen molar-refractivity contribution in [1.82, 2.24) is 5.32 Å². The Bertz CT molecular complexity index is 931. The van der Waals surface area contributed by atoms with Crippen molar-refractivity contribution in [2.75, 3.05) is 19.0 Å².